The lowest BCUT2D eigenvalue weighted by Crippen LogP contribution is -2.28. The Labute approximate surface area is 374 Å². The van der Waals surface area contributed by atoms with Gasteiger partial charge < -0.3 is 14.6 Å². The zero-order chi connectivity index (χ0) is 43.5. The minimum Gasteiger partial charge on any atom is -0.462 e. The van der Waals surface area contributed by atoms with E-state index in [1.807, 2.05) is 0 Å². The fraction of sp³-hybridized carbons (Fsp3) is 0.855. The van der Waals surface area contributed by atoms with Crippen molar-refractivity contribution in [3.8, 4) is 0 Å². The van der Waals surface area contributed by atoms with E-state index in [1.54, 1.807) is 0 Å². The molecule has 0 aliphatic rings. The van der Waals surface area contributed by atoms with Crippen LogP contribution in [0, 0.1) is 0 Å². The molecule has 1 atom stereocenters. The van der Waals surface area contributed by atoms with Crippen LogP contribution in [0.25, 0.3) is 0 Å². The van der Waals surface area contributed by atoms with E-state index in [0.717, 1.165) is 44.9 Å². The molecule has 0 saturated carbocycles. The Morgan fingerprint density at radius 3 is 1.00 bits per heavy atom. The molecule has 1 unspecified atom stereocenters. The van der Waals surface area contributed by atoms with E-state index in [0.29, 0.717) is 12.8 Å². The molecule has 0 amide bonds. The van der Waals surface area contributed by atoms with Crippen molar-refractivity contribution in [2.24, 2.45) is 0 Å². The number of allylic oxidation sites excluding steroid dienone is 6. The molecule has 0 spiro atoms. The molecule has 60 heavy (non-hydrogen) atoms. The van der Waals surface area contributed by atoms with Gasteiger partial charge in [0.05, 0.1) is 6.61 Å². The maximum Gasteiger partial charge on any atom is 0.306 e. The Kier molecular flexibility index (Phi) is 49.9. The van der Waals surface area contributed by atoms with Crippen LogP contribution in [0.2, 0.25) is 0 Å². The molecule has 0 heterocycles. The van der Waals surface area contributed by atoms with Gasteiger partial charge in [-0.25, -0.2) is 0 Å². The maximum atomic E-state index is 12.3. The van der Waals surface area contributed by atoms with Gasteiger partial charge in [0, 0.05) is 12.8 Å². The lowest BCUT2D eigenvalue weighted by molar-refractivity contribution is -0.161. The van der Waals surface area contributed by atoms with Gasteiger partial charge in [-0.3, -0.25) is 9.59 Å². The number of rotatable bonds is 49. The maximum absolute atomic E-state index is 12.3. The van der Waals surface area contributed by atoms with Crippen molar-refractivity contribution in [2.75, 3.05) is 13.2 Å². The molecule has 0 saturated heterocycles. The quantitative estimate of drug-likeness (QED) is 0.0375. The summed E-state index contributed by atoms with van der Waals surface area (Å²) in [6.45, 7) is 4.16. The second kappa shape index (κ2) is 51.5. The number of hydrogen-bond acceptors (Lipinski definition) is 5. The van der Waals surface area contributed by atoms with Gasteiger partial charge in [-0.15, -0.1) is 0 Å². The number of carbonyl (C=O) groups is 2. The minimum absolute atomic E-state index is 0.0641. The molecule has 0 fully saturated rings. The van der Waals surface area contributed by atoms with Crippen LogP contribution >= 0.6 is 0 Å². The molecule has 0 aromatic carbocycles. The highest BCUT2D eigenvalue weighted by Gasteiger charge is 2.16. The van der Waals surface area contributed by atoms with E-state index in [-0.39, 0.29) is 25.2 Å². The van der Waals surface area contributed by atoms with Crippen molar-refractivity contribution in [3.63, 3.8) is 0 Å². The summed E-state index contributed by atoms with van der Waals surface area (Å²) in [4.78, 5) is 24.5. The van der Waals surface area contributed by atoms with Crippen LogP contribution in [0.1, 0.15) is 284 Å². The topological polar surface area (TPSA) is 72.8 Å². The van der Waals surface area contributed by atoms with E-state index in [1.165, 1.54) is 212 Å². The van der Waals surface area contributed by atoms with Crippen LogP contribution in [0.15, 0.2) is 36.5 Å². The molecule has 0 aromatic heterocycles. The molecule has 1 N–H and O–H groups in total. The van der Waals surface area contributed by atoms with Crippen molar-refractivity contribution < 1.29 is 24.2 Å². The minimum atomic E-state index is -0.772. The van der Waals surface area contributed by atoms with Crippen LogP contribution in [0.4, 0.5) is 0 Å². The Balaban J connectivity index is 3.47. The van der Waals surface area contributed by atoms with Crippen molar-refractivity contribution in [2.45, 2.75) is 290 Å². The van der Waals surface area contributed by atoms with E-state index in [4.69, 9.17) is 9.47 Å². The third-order valence-corrected chi connectivity index (χ3v) is 11.9. The SMILES string of the molecule is CCCCCCC/C=C\C/C=C\CCCCCCCCCCCCCC(=O)OC(CO)COC(=O)CCCCCCCCCCCCC/C=C\CCCCCCCCCC. The van der Waals surface area contributed by atoms with Gasteiger partial charge in [0.25, 0.3) is 0 Å². The highest BCUT2D eigenvalue weighted by molar-refractivity contribution is 5.70. The van der Waals surface area contributed by atoms with Crippen LogP contribution in [0.5, 0.6) is 0 Å². The second-order valence-corrected chi connectivity index (χ2v) is 17.9. The Morgan fingerprint density at radius 2 is 0.667 bits per heavy atom. The lowest BCUT2D eigenvalue weighted by atomic mass is 10.0. The van der Waals surface area contributed by atoms with Crippen LogP contribution in [-0.4, -0.2) is 36.4 Å². The van der Waals surface area contributed by atoms with Gasteiger partial charge in [-0.1, -0.05) is 237 Å². The summed E-state index contributed by atoms with van der Waals surface area (Å²) in [5.74, 6) is -0.582. The molecule has 0 bridgehead atoms. The summed E-state index contributed by atoms with van der Waals surface area (Å²) in [5, 5.41) is 9.63. The van der Waals surface area contributed by atoms with Crippen molar-refractivity contribution in [1.29, 1.82) is 0 Å². The lowest BCUT2D eigenvalue weighted by Gasteiger charge is -2.15. The van der Waals surface area contributed by atoms with Gasteiger partial charge >= 0.3 is 11.9 Å². The summed E-state index contributed by atoms with van der Waals surface area (Å²) in [6.07, 6.45) is 65.3. The number of ether oxygens (including phenoxy) is 2. The Hall–Kier alpha value is -1.88. The molecular formula is C55H102O5. The molecule has 0 aromatic rings. The third-order valence-electron chi connectivity index (χ3n) is 11.9. The second-order valence-electron chi connectivity index (χ2n) is 17.9. The first-order chi connectivity index (χ1) is 29.6. The number of unbranched alkanes of at least 4 members (excludes halogenated alkanes) is 35. The fourth-order valence-electron chi connectivity index (χ4n) is 7.88. The zero-order valence-electron chi connectivity index (χ0n) is 40.2. The zero-order valence-corrected chi connectivity index (χ0v) is 40.2. The third kappa shape index (κ3) is 48.8. The van der Waals surface area contributed by atoms with Gasteiger partial charge in [0.15, 0.2) is 6.10 Å². The molecule has 5 heteroatoms. The molecule has 0 aliphatic carbocycles. The average molecular weight is 843 g/mol. The summed E-state index contributed by atoms with van der Waals surface area (Å²) < 4.78 is 10.7. The summed E-state index contributed by atoms with van der Waals surface area (Å²) in [6, 6.07) is 0. The van der Waals surface area contributed by atoms with Crippen LogP contribution in [-0.2, 0) is 19.1 Å². The number of aliphatic hydroxyl groups excluding tert-OH is 1. The van der Waals surface area contributed by atoms with E-state index < -0.39 is 6.10 Å². The standard InChI is InChI=1S/C55H102O5/c1-3-5-7-9-11-13-15-17-19-21-23-25-27-29-31-33-35-37-39-41-43-45-47-49-54(57)59-52-53(51-56)60-55(58)50-48-46-44-42-40-38-36-34-32-30-28-26-24-22-20-18-16-14-12-10-8-6-4-2/h16,18,21-24,53,56H,3-15,17,19-20,25-52H2,1-2H3/b18-16-,23-21-,24-22-. The van der Waals surface area contributed by atoms with Gasteiger partial charge in [-0.2, -0.15) is 0 Å². The first-order valence-corrected chi connectivity index (χ1v) is 26.5. The van der Waals surface area contributed by atoms with Crippen LogP contribution in [0.3, 0.4) is 0 Å². The van der Waals surface area contributed by atoms with Crippen LogP contribution < -0.4 is 0 Å². The Morgan fingerprint density at radius 1 is 0.383 bits per heavy atom. The highest BCUT2D eigenvalue weighted by Crippen LogP contribution is 2.16. The van der Waals surface area contributed by atoms with E-state index in [9.17, 15) is 14.7 Å². The molecule has 5 nitrogen and oxygen atoms in total. The first-order valence-electron chi connectivity index (χ1n) is 26.5. The molecule has 0 aliphatic heterocycles. The van der Waals surface area contributed by atoms with E-state index in [2.05, 4.69) is 50.3 Å². The molecule has 0 rings (SSSR count). The average Bonchev–Trinajstić information content (AvgIpc) is 3.25. The molecule has 352 valence electrons. The number of carbonyl (C=O) groups excluding carboxylic acids is 2. The highest BCUT2D eigenvalue weighted by atomic mass is 16.6. The monoisotopic (exact) mass is 843 g/mol. The smallest absolute Gasteiger partial charge is 0.306 e. The largest absolute Gasteiger partial charge is 0.462 e. The number of hydrogen-bond donors (Lipinski definition) is 1. The predicted octanol–water partition coefficient (Wildman–Crippen LogP) is 17.5. The van der Waals surface area contributed by atoms with E-state index >= 15 is 0 Å². The molecular weight excluding hydrogens is 741 g/mol. The summed E-state index contributed by atoms with van der Waals surface area (Å²) in [5.41, 5.74) is 0. The number of aliphatic hydroxyl groups is 1. The van der Waals surface area contributed by atoms with Gasteiger partial charge in [0.2, 0.25) is 0 Å². The predicted molar refractivity (Wildman–Crippen MR) is 261 cm³/mol. The first kappa shape index (κ1) is 58.1. The normalized spacial score (nSPS) is 12.4. The Bertz CT molecular complexity index is 955. The summed E-state index contributed by atoms with van der Waals surface area (Å²) >= 11 is 0. The van der Waals surface area contributed by atoms with Gasteiger partial charge in [0.1, 0.15) is 6.61 Å². The van der Waals surface area contributed by atoms with Crippen molar-refractivity contribution in [1.82, 2.24) is 0 Å². The van der Waals surface area contributed by atoms with Gasteiger partial charge in [-0.05, 0) is 70.6 Å². The fourth-order valence-corrected chi connectivity index (χ4v) is 7.88. The molecule has 0 radical (unpaired) electrons. The summed E-state index contributed by atoms with van der Waals surface area (Å²) in [7, 11) is 0. The van der Waals surface area contributed by atoms with Crippen molar-refractivity contribution >= 4 is 11.9 Å². The van der Waals surface area contributed by atoms with Crippen molar-refractivity contribution in [3.05, 3.63) is 36.5 Å². The number of esters is 2.